The summed E-state index contributed by atoms with van der Waals surface area (Å²) in [5.74, 6) is -2.91. The van der Waals surface area contributed by atoms with Crippen LogP contribution in [0.5, 0.6) is 0 Å². The van der Waals surface area contributed by atoms with Gasteiger partial charge in [-0.2, -0.15) is 23.0 Å². The summed E-state index contributed by atoms with van der Waals surface area (Å²) < 4.78 is 52.7. The van der Waals surface area contributed by atoms with Gasteiger partial charge in [0.1, 0.15) is 11.4 Å². The molecule has 0 radical (unpaired) electrons. The zero-order valence-corrected chi connectivity index (χ0v) is 16.8. The van der Waals surface area contributed by atoms with Crippen LogP contribution in [0, 0.1) is 5.82 Å². The van der Waals surface area contributed by atoms with E-state index in [1.807, 2.05) is 0 Å². The molecule has 8 nitrogen and oxygen atoms in total. The minimum Gasteiger partial charge on any atom is -0.389 e. The van der Waals surface area contributed by atoms with E-state index >= 15 is 0 Å². The van der Waals surface area contributed by atoms with Crippen molar-refractivity contribution >= 4 is 5.91 Å². The first-order chi connectivity index (χ1) is 14.8. The number of nitrogens with zero attached hydrogens (tertiary/aromatic N) is 4. The molecule has 0 fully saturated rings. The molecular formula is C20H17F4N5O3. The monoisotopic (exact) mass is 451 g/mol. The summed E-state index contributed by atoms with van der Waals surface area (Å²) in [4.78, 5) is 32.0. The lowest BCUT2D eigenvalue weighted by molar-refractivity contribution is -0.145. The maximum Gasteiger partial charge on any atom is 0.451 e. The summed E-state index contributed by atoms with van der Waals surface area (Å²) >= 11 is 0. The molecule has 0 aliphatic heterocycles. The Morgan fingerprint density at radius 1 is 1.16 bits per heavy atom. The van der Waals surface area contributed by atoms with E-state index in [2.05, 4.69) is 20.4 Å². The van der Waals surface area contributed by atoms with Gasteiger partial charge in [0.25, 0.3) is 11.5 Å². The molecule has 0 atom stereocenters. The van der Waals surface area contributed by atoms with Crippen molar-refractivity contribution in [2.45, 2.75) is 25.6 Å². The molecule has 0 aliphatic carbocycles. The molecule has 2 N–H and O–H groups in total. The Balaban J connectivity index is 2.14. The SMILES string of the molecule is CC(C)(O)CNC(=O)c1cc(-c2cnc(C(F)(F)F)nc2)nn(-c2cccc(F)c2)c1=O. The molecule has 0 spiro atoms. The van der Waals surface area contributed by atoms with E-state index in [4.69, 9.17) is 0 Å². The quantitative estimate of drug-likeness (QED) is 0.577. The van der Waals surface area contributed by atoms with Crippen LogP contribution < -0.4 is 10.9 Å². The Bertz CT molecular complexity index is 1200. The minimum atomic E-state index is -4.76. The topological polar surface area (TPSA) is 110 Å². The van der Waals surface area contributed by atoms with Gasteiger partial charge in [-0.25, -0.2) is 14.4 Å². The second-order valence-electron chi connectivity index (χ2n) is 7.43. The van der Waals surface area contributed by atoms with E-state index in [9.17, 15) is 32.3 Å². The third-order valence-corrected chi connectivity index (χ3v) is 4.09. The predicted octanol–water partition coefficient (Wildman–Crippen LogP) is 2.35. The fourth-order valence-corrected chi connectivity index (χ4v) is 2.58. The molecule has 0 aliphatic rings. The molecular weight excluding hydrogens is 434 g/mol. The first-order valence-corrected chi connectivity index (χ1v) is 9.16. The Morgan fingerprint density at radius 2 is 1.81 bits per heavy atom. The fourth-order valence-electron chi connectivity index (χ4n) is 2.58. The third kappa shape index (κ3) is 5.32. The Hall–Kier alpha value is -3.67. The summed E-state index contributed by atoms with van der Waals surface area (Å²) in [6.45, 7) is 2.69. The first-order valence-electron chi connectivity index (χ1n) is 9.16. The summed E-state index contributed by atoms with van der Waals surface area (Å²) in [6, 6.07) is 5.88. The highest BCUT2D eigenvalue weighted by molar-refractivity contribution is 5.94. The molecule has 0 bridgehead atoms. The molecule has 0 saturated carbocycles. The molecule has 32 heavy (non-hydrogen) atoms. The highest BCUT2D eigenvalue weighted by Crippen LogP contribution is 2.26. The Kier molecular flexibility index (Phi) is 6.08. The second-order valence-corrected chi connectivity index (χ2v) is 7.43. The van der Waals surface area contributed by atoms with Gasteiger partial charge in [-0.1, -0.05) is 6.07 Å². The normalized spacial score (nSPS) is 12.0. The largest absolute Gasteiger partial charge is 0.451 e. The Morgan fingerprint density at radius 3 is 2.38 bits per heavy atom. The number of halogens is 4. The maximum absolute atomic E-state index is 13.7. The smallest absolute Gasteiger partial charge is 0.389 e. The molecule has 12 heteroatoms. The van der Waals surface area contributed by atoms with Gasteiger partial charge in [0, 0.05) is 24.5 Å². The zero-order chi connectivity index (χ0) is 23.7. The lowest BCUT2D eigenvalue weighted by atomic mass is 10.1. The highest BCUT2D eigenvalue weighted by Gasteiger charge is 2.34. The van der Waals surface area contributed by atoms with Crippen LogP contribution in [-0.2, 0) is 6.18 Å². The Labute approximate surface area is 178 Å². The number of rotatable bonds is 5. The van der Waals surface area contributed by atoms with Crippen molar-refractivity contribution in [3.63, 3.8) is 0 Å². The van der Waals surface area contributed by atoms with Crippen molar-refractivity contribution in [2.75, 3.05) is 6.54 Å². The summed E-state index contributed by atoms with van der Waals surface area (Å²) in [5, 5.41) is 16.2. The average Bonchev–Trinajstić information content (AvgIpc) is 2.71. The van der Waals surface area contributed by atoms with Crippen LogP contribution in [0.25, 0.3) is 16.9 Å². The molecule has 1 aromatic carbocycles. The van der Waals surface area contributed by atoms with Crippen molar-refractivity contribution in [2.24, 2.45) is 0 Å². The van der Waals surface area contributed by atoms with Crippen LogP contribution in [0.2, 0.25) is 0 Å². The van der Waals surface area contributed by atoms with Gasteiger partial charge < -0.3 is 10.4 Å². The highest BCUT2D eigenvalue weighted by atomic mass is 19.4. The van der Waals surface area contributed by atoms with Crippen LogP contribution in [0.3, 0.4) is 0 Å². The van der Waals surface area contributed by atoms with E-state index in [0.29, 0.717) is 0 Å². The van der Waals surface area contributed by atoms with E-state index < -0.39 is 40.4 Å². The summed E-state index contributed by atoms with van der Waals surface area (Å²) in [6.07, 6.45) is -3.07. The maximum atomic E-state index is 13.7. The number of alkyl halides is 3. The summed E-state index contributed by atoms with van der Waals surface area (Å²) in [7, 11) is 0. The van der Waals surface area contributed by atoms with Crippen LogP contribution in [0.4, 0.5) is 17.6 Å². The third-order valence-electron chi connectivity index (χ3n) is 4.09. The number of aromatic nitrogens is 4. The molecule has 0 saturated heterocycles. The number of hydrogen-bond donors (Lipinski definition) is 2. The van der Waals surface area contributed by atoms with Gasteiger partial charge in [-0.3, -0.25) is 9.59 Å². The molecule has 168 valence electrons. The predicted molar refractivity (Wildman–Crippen MR) is 104 cm³/mol. The van der Waals surface area contributed by atoms with Crippen molar-refractivity contribution in [3.05, 3.63) is 70.3 Å². The number of benzene rings is 1. The van der Waals surface area contributed by atoms with Crippen LogP contribution in [0.15, 0.2) is 47.5 Å². The minimum absolute atomic E-state index is 0.0128. The number of amides is 1. The van der Waals surface area contributed by atoms with Crippen LogP contribution in [0.1, 0.15) is 30.0 Å². The number of nitrogens with one attached hydrogen (secondary N) is 1. The average molecular weight is 451 g/mol. The molecule has 0 unspecified atom stereocenters. The van der Waals surface area contributed by atoms with Crippen molar-refractivity contribution in [3.8, 4) is 16.9 Å². The van der Waals surface area contributed by atoms with Crippen LogP contribution >= 0.6 is 0 Å². The molecule has 2 heterocycles. The zero-order valence-electron chi connectivity index (χ0n) is 16.8. The molecule has 3 aromatic rings. The van der Waals surface area contributed by atoms with Gasteiger partial charge in [0.2, 0.25) is 5.82 Å². The van der Waals surface area contributed by atoms with Gasteiger partial charge in [0.05, 0.1) is 17.0 Å². The molecule has 1 amide bonds. The van der Waals surface area contributed by atoms with Crippen molar-refractivity contribution in [1.29, 1.82) is 0 Å². The number of carbonyl (C=O) groups is 1. The summed E-state index contributed by atoms with van der Waals surface area (Å²) in [5.41, 5.74) is -2.73. The van der Waals surface area contributed by atoms with E-state index in [1.165, 1.54) is 26.0 Å². The second kappa shape index (κ2) is 8.46. The van der Waals surface area contributed by atoms with Gasteiger partial charge in [-0.05, 0) is 38.1 Å². The van der Waals surface area contributed by atoms with Crippen molar-refractivity contribution in [1.82, 2.24) is 25.1 Å². The lowest BCUT2D eigenvalue weighted by Crippen LogP contribution is -2.41. The van der Waals surface area contributed by atoms with Gasteiger partial charge in [-0.15, -0.1) is 0 Å². The van der Waals surface area contributed by atoms with Gasteiger partial charge >= 0.3 is 6.18 Å². The number of aliphatic hydroxyl groups is 1. The van der Waals surface area contributed by atoms with Crippen LogP contribution in [-0.4, -0.2) is 42.9 Å². The van der Waals surface area contributed by atoms with Gasteiger partial charge in [0.15, 0.2) is 0 Å². The lowest BCUT2D eigenvalue weighted by Gasteiger charge is -2.18. The fraction of sp³-hybridized carbons (Fsp3) is 0.250. The van der Waals surface area contributed by atoms with E-state index in [1.54, 1.807) is 0 Å². The molecule has 3 rings (SSSR count). The molecule has 2 aromatic heterocycles. The van der Waals surface area contributed by atoms with E-state index in [0.717, 1.165) is 35.3 Å². The van der Waals surface area contributed by atoms with Crippen molar-refractivity contribution < 1.29 is 27.5 Å². The first kappa shape index (κ1) is 23.0. The van der Waals surface area contributed by atoms with E-state index in [-0.39, 0.29) is 23.5 Å². The standard InChI is InChI=1S/C20H17F4N5O3/c1-19(2,32)10-27-16(30)14-7-15(11-8-25-18(26-9-11)20(22,23)24)28-29(17(14)31)13-5-3-4-12(21)6-13/h3-9,32H,10H2,1-2H3,(H,27,30). The number of hydrogen-bond acceptors (Lipinski definition) is 6. The number of carbonyl (C=O) groups excluding carboxylic acids is 1.